The molecule has 2 heterocycles. The van der Waals surface area contributed by atoms with Crippen molar-refractivity contribution in [2.45, 2.75) is 19.0 Å². The molecule has 1 N–H and O–H groups in total. The van der Waals surface area contributed by atoms with Crippen LogP contribution in [0, 0.1) is 5.92 Å². The first-order valence-corrected chi connectivity index (χ1v) is 8.64. The van der Waals surface area contributed by atoms with Gasteiger partial charge in [0.05, 0.1) is 6.26 Å². The van der Waals surface area contributed by atoms with Crippen LogP contribution in [0.25, 0.3) is 0 Å². The van der Waals surface area contributed by atoms with E-state index in [2.05, 4.69) is 14.7 Å². The van der Waals surface area contributed by atoms with Crippen LogP contribution in [0.3, 0.4) is 0 Å². The van der Waals surface area contributed by atoms with Crippen molar-refractivity contribution in [2.75, 3.05) is 30.8 Å². The zero-order valence-electron chi connectivity index (χ0n) is 12.0. The van der Waals surface area contributed by atoms with Crippen molar-refractivity contribution in [3.05, 3.63) is 18.0 Å². The van der Waals surface area contributed by atoms with Crippen LogP contribution in [0.1, 0.15) is 18.5 Å². The Balaban J connectivity index is 2.06. The molecule has 1 fully saturated rings. The molecule has 1 aromatic rings. The number of anilines is 1. The molecule has 1 aromatic heterocycles. The lowest BCUT2D eigenvalue weighted by Gasteiger charge is -2.32. The predicted octanol–water partition coefficient (Wildman–Crippen LogP) is 1.26. The maximum Gasteiger partial charge on any atom is 0.433 e. The molecule has 1 aliphatic rings. The van der Waals surface area contributed by atoms with Gasteiger partial charge in [0.15, 0.2) is 0 Å². The number of halogens is 3. The van der Waals surface area contributed by atoms with Crippen molar-refractivity contribution in [3.8, 4) is 0 Å². The van der Waals surface area contributed by atoms with Gasteiger partial charge in [0.2, 0.25) is 16.0 Å². The minimum atomic E-state index is -4.51. The summed E-state index contributed by atoms with van der Waals surface area (Å²) in [5.74, 6) is 0.0421. The molecule has 0 saturated carbocycles. The van der Waals surface area contributed by atoms with Crippen LogP contribution in [0.15, 0.2) is 12.3 Å². The van der Waals surface area contributed by atoms with Gasteiger partial charge >= 0.3 is 6.18 Å². The van der Waals surface area contributed by atoms with Crippen molar-refractivity contribution in [1.82, 2.24) is 14.7 Å². The molecule has 10 heteroatoms. The average Bonchev–Trinajstić information content (AvgIpc) is 2.44. The number of hydrogen-bond donors (Lipinski definition) is 1. The minimum absolute atomic E-state index is 0.0154. The molecule has 0 spiro atoms. The summed E-state index contributed by atoms with van der Waals surface area (Å²) in [7, 11) is -3.28. The van der Waals surface area contributed by atoms with E-state index in [9.17, 15) is 21.6 Å². The van der Waals surface area contributed by atoms with Crippen LogP contribution >= 0.6 is 0 Å². The highest BCUT2D eigenvalue weighted by molar-refractivity contribution is 7.88. The van der Waals surface area contributed by atoms with Gasteiger partial charge in [-0.1, -0.05) is 0 Å². The van der Waals surface area contributed by atoms with E-state index < -0.39 is 21.9 Å². The summed E-state index contributed by atoms with van der Waals surface area (Å²) in [6, 6.07) is 0.830. The first-order valence-electron chi connectivity index (χ1n) is 6.75. The van der Waals surface area contributed by atoms with E-state index in [1.54, 1.807) is 4.90 Å². The standard InChI is InChI=1S/C12H17F3N4O2S/c1-22(20,21)17-7-9-3-2-6-19(8-9)11-16-5-4-10(18-11)12(13,14)15/h4-5,9,17H,2-3,6-8H2,1H3/t9-/m1/s1. The Morgan fingerprint density at radius 2 is 2.18 bits per heavy atom. The number of aromatic nitrogens is 2. The SMILES string of the molecule is CS(=O)(=O)NC[C@H]1CCCN(c2nccc(C(F)(F)F)n2)C1. The summed E-state index contributed by atoms with van der Waals surface area (Å²) in [4.78, 5) is 9.12. The Labute approximate surface area is 126 Å². The van der Waals surface area contributed by atoms with Gasteiger partial charge in [-0.25, -0.2) is 23.1 Å². The van der Waals surface area contributed by atoms with Gasteiger partial charge in [-0.3, -0.25) is 0 Å². The highest BCUT2D eigenvalue weighted by Crippen LogP contribution is 2.29. The van der Waals surface area contributed by atoms with Gasteiger partial charge in [-0.2, -0.15) is 13.2 Å². The van der Waals surface area contributed by atoms with Crippen molar-refractivity contribution in [1.29, 1.82) is 0 Å². The van der Waals surface area contributed by atoms with E-state index in [4.69, 9.17) is 0 Å². The molecule has 0 radical (unpaired) electrons. The molecular formula is C12H17F3N4O2S. The third-order valence-corrected chi connectivity index (χ3v) is 4.06. The van der Waals surface area contributed by atoms with Gasteiger partial charge < -0.3 is 4.90 Å². The number of rotatable bonds is 4. The van der Waals surface area contributed by atoms with Crippen molar-refractivity contribution < 1.29 is 21.6 Å². The first kappa shape index (κ1) is 16.9. The second-order valence-corrected chi connectivity index (χ2v) is 7.15. The second kappa shape index (κ2) is 6.37. The summed E-state index contributed by atoms with van der Waals surface area (Å²) in [5.41, 5.74) is -0.978. The molecule has 0 unspecified atom stereocenters. The van der Waals surface area contributed by atoms with Crippen molar-refractivity contribution >= 4 is 16.0 Å². The Kier molecular flexibility index (Phi) is 4.90. The summed E-state index contributed by atoms with van der Waals surface area (Å²) in [6.45, 7) is 1.23. The van der Waals surface area contributed by atoms with Gasteiger partial charge in [0.25, 0.3) is 0 Å². The molecular weight excluding hydrogens is 321 g/mol. The van der Waals surface area contributed by atoms with Gasteiger partial charge in [0.1, 0.15) is 5.69 Å². The van der Waals surface area contributed by atoms with E-state index >= 15 is 0 Å². The third-order valence-electron chi connectivity index (χ3n) is 3.37. The summed E-state index contributed by atoms with van der Waals surface area (Å²) in [6.07, 6.45) is -0.800. The predicted molar refractivity (Wildman–Crippen MR) is 74.8 cm³/mol. The van der Waals surface area contributed by atoms with Gasteiger partial charge in [-0.15, -0.1) is 0 Å². The Bertz CT molecular complexity index is 621. The number of sulfonamides is 1. The Hall–Kier alpha value is -1.42. The van der Waals surface area contributed by atoms with Crippen LogP contribution < -0.4 is 9.62 Å². The summed E-state index contributed by atoms with van der Waals surface area (Å²) >= 11 is 0. The van der Waals surface area contributed by atoms with E-state index in [-0.39, 0.29) is 18.4 Å². The topological polar surface area (TPSA) is 75.2 Å². The van der Waals surface area contributed by atoms with Crippen LogP contribution in [-0.4, -0.2) is 44.3 Å². The highest BCUT2D eigenvalue weighted by Gasteiger charge is 2.33. The molecule has 1 atom stereocenters. The number of nitrogens with one attached hydrogen (secondary N) is 1. The summed E-state index contributed by atoms with van der Waals surface area (Å²) < 4.78 is 62.7. The first-order chi connectivity index (χ1) is 10.1. The molecule has 1 aliphatic heterocycles. The quantitative estimate of drug-likeness (QED) is 0.895. The molecule has 2 rings (SSSR count). The Morgan fingerprint density at radius 3 is 2.82 bits per heavy atom. The maximum absolute atomic E-state index is 12.7. The normalized spacial score (nSPS) is 20.2. The molecule has 0 amide bonds. The molecule has 6 nitrogen and oxygen atoms in total. The van der Waals surface area contributed by atoms with Crippen LogP contribution in [0.2, 0.25) is 0 Å². The molecule has 1 saturated heterocycles. The zero-order chi connectivity index (χ0) is 16.4. The molecule has 0 bridgehead atoms. The Morgan fingerprint density at radius 1 is 1.45 bits per heavy atom. The van der Waals surface area contributed by atoms with E-state index in [0.717, 1.165) is 31.4 Å². The largest absolute Gasteiger partial charge is 0.433 e. The lowest BCUT2D eigenvalue weighted by atomic mass is 9.99. The average molecular weight is 338 g/mol. The van der Waals surface area contributed by atoms with E-state index in [0.29, 0.717) is 13.1 Å². The zero-order valence-corrected chi connectivity index (χ0v) is 12.8. The van der Waals surface area contributed by atoms with E-state index in [1.165, 1.54) is 0 Å². The van der Waals surface area contributed by atoms with Crippen molar-refractivity contribution in [2.24, 2.45) is 5.92 Å². The summed E-state index contributed by atoms with van der Waals surface area (Å²) in [5, 5.41) is 0. The van der Waals surface area contributed by atoms with Gasteiger partial charge in [-0.05, 0) is 24.8 Å². The lowest BCUT2D eigenvalue weighted by Crippen LogP contribution is -2.41. The monoisotopic (exact) mass is 338 g/mol. The van der Waals surface area contributed by atoms with Crippen LogP contribution in [0.4, 0.5) is 19.1 Å². The number of nitrogens with zero attached hydrogens (tertiary/aromatic N) is 3. The van der Waals surface area contributed by atoms with Crippen LogP contribution in [-0.2, 0) is 16.2 Å². The third kappa shape index (κ3) is 4.80. The molecule has 124 valence electrons. The van der Waals surface area contributed by atoms with Gasteiger partial charge in [0, 0.05) is 25.8 Å². The minimum Gasteiger partial charge on any atom is -0.340 e. The number of alkyl halides is 3. The molecule has 22 heavy (non-hydrogen) atoms. The number of piperidine rings is 1. The smallest absolute Gasteiger partial charge is 0.340 e. The maximum atomic E-state index is 12.7. The fraction of sp³-hybridized carbons (Fsp3) is 0.667. The fourth-order valence-electron chi connectivity index (χ4n) is 2.34. The fourth-order valence-corrected chi connectivity index (χ4v) is 2.88. The molecule has 0 aromatic carbocycles. The highest BCUT2D eigenvalue weighted by atomic mass is 32.2. The van der Waals surface area contributed by atoms with E-state index in [1.807, 2.05) is 0 Å². The number of hydrogen-bond acceptors (Lipinski definition) is 5. The second-order valence-electron chi connectivity index (χ2n) is 5.31. The lowest BCUT2D eigenvalue weighted by molar-refractivity contribution is -0.141. The van der Waals surface area contributed by atoms with Crippen LogP contribution in [0.5, 0.6) is 0 Å². The molecule has 0 aliphatic carbocycles. The van der Waals surface area contributed by atoms with Crippen molar-refractivity contribution in [3.63, 3.8) is 0 Å².